The molecular formula is C15H20ClN3O. The summed E-state index contributed by atoms with van der Waals surface area (Å²) in [5.74, 6) is 0.295. The molecule has 0 aliphatic heterocycles. The molecule has 1 aromatic carbocycles. The van der Waals surface area contributed by atoms with Crippen LogP contribution in [0.2, 0.25) is 5.15 Å². The zero-order valence-electron chi connectivity index (χ0n) is 11.8. The van der Waals surface area contributed by atoms with E-state index in [1.165, 1.54) is 0 Å². The van der Waals surface area contributed by atoms with Crippen molar-refractivity contribution in [1.82, 2.24) is 15.1 Å². The van der Waals surface area contributed by atoms with Crippen molar-refractivity contribution in [2.75, 3.05) is 13.2 Å². The van der Waals surface area contributed by atoms with E-state index in [9.17, 15) is 0 Å². The number of halogens is 1. The summed E-state index contributed by atoms with van der Waals surface area (Å²) in [5, 5.41) is 17.3. The van der Waals surface area contributed by atoms with E-state index in [0.29, 0.717) is 24.2 Å². The lowest BCUT2D eigenvalue weighted by molar-refractivity contribution is 0.292. The Hall–Kier alpha value is -1.36. The SMILES string of the molecule is CC(C)c1nn(-c2ccccc2)c(Cl)c1CNCCO. The Morgan fingerprint density at radius 3 is 2.60 bits per heavy atom. The van der Waals surface area contributed by atoms with Crippen LogP contribution in [0.3, 0.4) is 0 Å². The molecule has 0 spiro atoms. The third kappa shape index (κ3) is 3.20. The molecule has 0 radical (unpaired) electrons. The summed E-state index contributed by atoms with van der Waals surface area (Å²) in [6.45, 7) is 5.47. The van der Waals surface area contributed by atoms with Crippen LogP contribution in [-0.2, 0) is 6.54 Å². The van der Waals surface area contributed by atoms with E-state index in [4.69, 9.17) is 16.7 Å². The Balaban J connectivity index is 2.37. The molecule has 2 N–H and O–H groups in total. The lowest BCUT2D eigenvalue weighted by Crippen LogP contribution is -2.18. The topological polar surface area (TPSA) is 50.1 Å². The average Bonchev–Trinajstić information content (AvgIpc) is 2.78. The van der Waals surface area contributed by atoms with Crippen LogP contribution in [0.4, 0.5) is 0 Å². The van der Waals surface area contributed by atoms with Crippen LogP contribution >= 0.6 is 11.6 Å². The number of nitrogens with zero attached hydrogens (tertiary/aromatic N) is 2. The Morgan fingerprint density at radius 2 is 2.00 bits per heavy atom. The highest BCUT2D eigenvalue weighted by atomic mass is 35.5. The van der Waals surface area contributed by atoms with Crippen molar-refractivity contribution in [3.05, 3.63) is 46.7 Å². The molecule has 0 amide bonds. The first-order valence-electron chi connectivity index (χ1n) is 6.79. The highest BCUT2D eigenvalue weighted by Crippen LogP contribution is 2.28. The number of aliphatic hydroxyl groups excluding tert-OH is 1. The van der Waals surface area contributed by atoms with Gasteiger partial charge in [0, 0.05) is 18.7 Å². The van der Waals surface area contributed by atoms with Gasteiger partial charge < -0.3 is 10.4 Å². The van der Waals surface area contributed by atoms with Gasteiger partial charge in [-0.3, -0.25) is 0 Å². The minimum absolute atomic E-state index is 0.113. The second-order valence-electron chi connectivity index (χ2n) is 4.96. The molecule has 0 atom stereocenters. The van der Waals surface area contributed by atoms with Gasteiger partial charge in [-0.25, -0.2) is 4.68 Å². The van der Waals surface area contributed by atoms with E-state index >= 15 is 0 Å². The quantitative estimate of drug-likeness (QED) is 0.805. The monoisotopic (exact) mass is 293 g/mol. The summed E-state index contributed by atoms with van der Waals surface area (Å²) in [4.78, 5) is 0. The van der Waals surface area contributed by atoms with Gasteiger partial charge in [0.25, 0.3) is 0 Å². The van der Waals surface area contributed by atoms with Crippen molar-refractivity contribution in [3.63, 3.8) is 0 Å². The highest BCUT2D eigenvalue weighted by Gasteiger charge is 2.19. The molecule has 5 heteroatoms. The third-order valence-electron chi connectivity index (χ3n) is 3.09. The fourth-order valence-electron chi connectivity index (χ4n) is 2.11. The van der Waals surface area contributed by atoms with Crippen molar-refractivity contribution in [1.29, 1.82) is 0 Å². The number of aliphatic hydroxyl groups is 1. The Labute approximate surface area is 124 Å². The van der Waals surface area contributed by atoms with Gasteiger partial charge in [0.05, 0.1) is 18.0 Å². The van der Waals surface area contributed by atoms with Gasteiger partial charge >= 0.3 is 0 Å². The summed E-state index contributed by atoms with van der Waals surface area (Å²) >= 11 is 6.48. The molecular weight excluding hydrogens is 274 g/mol. The molecule has 108 valence electrons. The zero-order valence-corrected chi connectivity index (χ0v) is 12.6. The summed E-state index contributed by atoms with van der Waals surface area (Å²) in [5.41, 5.74) is 2.94. The van der Waals surface area contributed by atoms with Gasteiger partial charge in [-0.1, -0.05) is 43.6 Å². The van der Waals surface area contributed by atoms with Gasteiger partial charge in [0.2, 0.25) is 0 Å². The number of rotatable bonds is 6. The molecule has 20 heavy (non-hydrogen) atoms. The zero-order chi connectivity index (χ0) is 14.5. The van der Waals surface area contributed by atoms with Crippen molar-refractivity contribution in [2.24, 2.45) is 0 Å². The number of benzene rings is 1. The van der Waals surface area contributed by atoms with E-state index in [2.05, 4.69) is 24.3 Å². The van der Waals surface area contributed by atoms with Crippen LogP contribution in [0, 0.1) is 0 Å². The second kappa shape index (κ2) is 6.88. The molecule has 0 aliphatic rings. The molecule has 0 aliphatic carbocycles. The fourth-order valence-corrected chi connectivity index (χ4v) is 2.40. The second-order valence-corrected chi connectivity index (χ2v) is 5.32. The fraction of sp³-hybridized carbons (Fsp3) is 0.400. The first-order chi connectivity index (χ1) is 9.65. The van der Waals surface area contributed by atoms with Gasteiger partial charge in [0.1, 0.15) is 5.15 Å². The molecule has 0 unspecified atom stereocenters. The summed E-state index contributed by atoms with van der Waals surface area (Å²) in [6, 6.07) is 9.86. The van der Waals surface area contributed by atoms with Crippen molar-refractivity contribution in [2.45, 2.75) is 26.3 Å². The molecule has 2 aromatic rings. The Morgan fingerprint density at radius 1 is 1.30 bits per heavy atom. The average molecular weight is 294 g/mol. The molecule has 4 nitrogen and oxygen atoms in total. The van der Waals surface area contributed by atoms with E-state index < -0.39 is 0 Å². The summed E-state index contributed by atoms with van der Waals surface area (Å²) < 4.78 is 1.77. The van der Waals surface area contributed by atoms with Gasteiger partial charge in [-0.2, -0.15) is 5.10 Å². The number of hydrogen-bond donors (Lipinski definition) is 2. The summed E-state index contributed by atoms with van der Waals surface area (Å²) in [6.07, 6.45) is 0. The van der Waals surface area contributed by atoms with Gasteiger partial charge in [-0.05, 0) is 18.1 Å². The van der Waals surface area contributed by atoms with E-state index in [1.54, 1.807) is 4.68 Å². The maximum Gasteiger partial charge on any atom is 0.137 e. The molecule has 1 aromatic heterocycles. The van der Waals surface area contributed by atoms with Gasteiger partial charge in [-0.15, -0.1) is 0 Å². The molecule has 0 fully saturated rings. The minimum atomic E-state index is 0.113. The normalized spacial score (nSPS) is 11.2. The molecule has 1 heterocycles. The predicted molar refractivity (Wildman–Crippen MR) is 81.5 cm³/mol. The van der Waals surface area contributed by atoms with E-state index in [0.717, 1.165) is 16.9 Å². The minimum Gasteiger partial charge on any atom is -0.395 e. The lowest BCUT2D eigenvalue weighted by Gasteiger charge is -2.06. The number of aromatic nitrogens is 2. The van der Waals surface area contributed by atoms with E-state index in [-0.39, 0.29) is 6.61 Å². The van der Waals surface area contributed by atoms with Crippen LogP contribution in [-0.4, -0.2) is 28.0 Å². The van der Waals surface area contributed by atoms with Gasteiger partial charge in [0.15, 0.2) is 0 Å². The van der Waals surface area contributed by atoms with Crippen LogP contribution in [0.1, 0.15) is 31.0 Å². The Bertz CT molecular complexity index is 552. The first kappa shape index (κ1) is 15.0. The highest BCUT2D eigenvalue weighted by molar-refractivity contribution is 6.30. The van der Waals surface area contributed by atoms with Crippen molar-refractivity contribution in [3.8, 4) is 5.69 Å². The van der Waals surface area contributed by atoms with E-state index in [1.807, 2.05) is 30.3 Å². The van der Waals surface area contributed by atoms with Crippen LogP contribution in [0.25, 0.3) is 5.69 Å². The van der Waals surface area contributed by atoms with Crippen LogP contribution < -0.4 is 5.32 Å². The van der Waals surface area contributed by atoms with Crippen molar-refractivity contribution < 1.29 is 5.11 Å². The Kier molecular flexibility index (Phi) is 5.17. The number of nitrogens with one attached hydrogen (secondary N) is 1. The van der Waals surface area contributed by atoms with Crippen molar-refractivity contribution >= 4 is 11.6 Å². The lowest BCUT2D eigenvalue weighted by atomic mass is 10.1. The third-order valence-corrected chi connectivity index (χ3v) is 3.48. The standard InChI is InChI=1S/C15H20ClN3O/c1-11(2)14-13(10-17-8-9-20)15(16)19(18-14)12-6-4-3-5-7-12/h3-7,11,17,20H,8-10H2,1-2H3. The smallest absolute Gasteiger partial charge is 0.137 e. The van der Waals surface area contributed by atoms with Crippen LogP contribution in [0.5, 0.6) is 0 Å². The summed E-state index contributed by atoms with van der Waals surface area (Å²) in [7, 11) is 0. The number of para-hydroxylation sites is 1. The molecule has 0 bridgehead atoms. The largest absolute Gasteiger partial charge is 0.395 e. The van der Waals surface area contributed by atoms with Crippen LogP contribution in [0.15, 0.2) is 30.3 Å². The molecule has 2 rings (SSSR count). The number of hydrogen-bond acceptors (Lipinski definition) is 3. The predicted octanol–water partition coefficient (Wildman–Crippen LogP) is 2.73. The molecule has 0 saturated carbocycles. The molecule has 0 saturated heterocycles. The first-order valence-corrected chi connectivity index (χ1v) is 7.17. The maximum absolute atomic E-state index is 8.86. The maximum atomic E-state index is 8.86.